The minimum atomic E-state index is -5.20. The first-order chi connectivity index (χ1) is 7.50. The van der Waals surface area contributed by atoms with Gasteiger partial charge in [0.25, 0.3) is 14.6 Å². The number of pyridine rings is 1. The van der Waals surface area contributed by atoms with Crippen LogP contribution in [0.1, 0.15) is 0 Å². The van der Waals surface area contributed by atoms with Gasteiger partial charge in [0.05, 0.1) is 5.02 Å². The highest BCUT2D eigenvalue weighted by atomic mass is 35.7. The van der Waals surface area contributed by atoms with Gasteiger partial charge in [-0.15, -0.1) is 13.2 Å². The summed E-state index contributed by atoms with van der Waals surface area (Å²) in [6.45, 7) is 0. The van der Waals surface area contributed by atoms with E-state index in [0.717, 1.165) is 0 Å². The number of alkyl halides is 3. The molecule has 0 bridgehead atoms. The second-order valence-corrected chi connectivity index (χ2v) is 5.54. The molecule has 0 aliphatic carbocycles. The van der Waals surface area contributed by atoms with Gasteiger partial charge in [-0.2, -0.15) is 0 Å². The van der Waals surface area contributed by atoms with Crippen LogP contribution in [-0.2, 0) is 9.05 Å². The molecule has 1 N–H and O–H groups in total. The molecule has 1 aromatic rings. The summed E-state index contributed by atoms with van der Waals surface area (Å²) in [5.41, 5.74) is -1.07. The highest BCUT2D eigenvalue weighted by Crippen LogP contribution is 2.33. The number of nitrogens with one attached hydrogen (secondary N) is 1. The van der Waals surface area contributed by atoms with Crippen LogP contribution in [0.25, 0.3) is 0 Å². The van der Waals surface area contributed by atoms with Gasteiger partial charge in [0.2, 0.25) is 5.88 Å². The number of hydrogen-bond acceptors (Lipinski definition) is 4. The molecule has 0 atom stereocenters. The van der Waals surface area contributed by atoms with E-state index in [-0.39, 0.29) is 0 Å². The van der Waals surface area contributed by atoms with Crippen molar-refractivity contribution in [3.8, 4) is 5.88 Å². The Morgan fingerprint density at radius 3 is 2.29 bits per heavy atom. The Labute approximate surface area is 102 Å². The summed E-state index contributed by atoms with van der Waals surface area (Å²) in [4.78, 5) is 11.2. The third kappa shape index (κ3) is 3.79. The van der Waals surface area contributed by atoms with E-state index in [9.17, 15) is 26.4 Å². The van der Waals surface area contributed by atoms with E-state index >= 15 is 0 Å². The molecule has 1 aromatic heterocycles. The van der Waals surface area contributed by atoms with Crippen molar-refractivity contribution in [1.82, 2.24) is 4.98 Å². The van der Waals surface area contributed by atoms with E-state index in [0.29, 0.717) is 6.07 Å². The first-order valence-electron chi connectivity index (χ1n) is 3.64. The number of aromatic nitrogens is 1. The standard InChI is InChI=1S/C6H2Cl2F3NO4S/c7-2-1-3(13)12-5(16-6(9,10)11)4(2)17(8,14)15/h1H,(H,12,13). The molecule has 0 radical (unpaired) electrons. The molecule has 0 fully saturated rings. The molecule has 0 aliphatic heterocycles. The molecule has 0 aromatic carbocycles. The summed E-state index contributed by atoms with van der Waals surface area (Å²) in [5.74, 6) is -1.38. The average Bonchev–Trinajstić information content (AvgIpc) is 1.94. The number of hydrogen-bond donors (Lipinski definition) is 1. The van der Waals surface area contributed by atoms with E-state index in [4.69, 9.17) is 22.3 Å². The third-order valence-electron chi connectivity index (χ3n) is 1.38. The zero-order valence-electron chi connectivity index (χ0n) is 7.51. The summed E-state index contributed by atoms with van der Waals surface area (Å²) in [6.07, 6.45) is -5.20. The van der Waals surface area contributed by atoms with E-state index in [2.05, 4.69) is 4.74 Å². The minimum Gasteiger partial charge on any atom is -0.388 e. The molecule has 0 spiro atoms. The number of aromatic amines is 1. The third-order valence-corrected chi connectivity index (χ3v) is 3.15. The quantitative estimate of drug-likeness (QED) is 0.846. The van der Waals surface area contributed by atoms with E-state index in [1.54, 1.807) is 0 Å². The maximum Gasteiger partial charge on any atom is 0.574 e. The van der Waals surface area contributed by atoms with Crippen LogP contribution in [0.4, 0.5) is 13.2 Å². The van der Waals surface area contributed by atoms with Crippen molar-refractivity contribution in [3.63, 3.8) is 0 Å². The van der Waals surface area contributed by atoms with Crippen LogP contribution in [-0.4, -0.2) is 19.8 Å². The first kappa shape index (κ1) is 14.1. The molecular formula is C6H2Cl2F3NO4S. The van der Waals surface area contributed by atoms with Gasteiger partial charge in [-0.3, -0.25) is 9.78 Å². The smallest absolute Gasteiger partial charge is 0.388 e. The number of H-pyrrole nitrogens is 1. The number of ether oxygens (including phenoxy) is 1. The van der Waals surface area contributed by atoms with Gasteiger partial charge in [0.1, 0.15) is 0 Å². The molecule has 0 saturated carbocycles. The lowest BCUT2D eigenvalue weighted by atomic mass is 10.5. The highest BCUT2D eigenvalue weighted by molar-refractivity contribution is 8.13. The average molecular weight is 312 g/mol. The van der Waals surface area contributed by atoms with Crippen molar-refractivity contribution in [2.75, 3.05) is 0 Å². The molecule has 1 heterocycles. The fourth-order valence-corrected chi connectivity index (χ4v) is 2.58. The molecule has 0 amide bonds. The van der Waals surface area contributed by atoms with Crippen molar-refractivity contribution in [1.29, 1.82) is 0 Å². The lowest BCUT2D eigenvalue weighted by Crippen LogP contribution is -2.22. The van der Waals surface area contributed by atoms with Gasteiger partial charge in [-0.05, 0) is 0 Å². The van der Waals surface area contributed by atoms with Crippen LogP contribution in [0.5, 0.6) is 5.88 Å². The van der Waals surface area contributed by atoms with Gasteiger partial charge in [-0.25, -0.2) is 8.42 Å². The summed E-state index contributed by atoms with van der Waals surface area (Å²) < 4.78 is 61.1. The summed E-state index contributed by atoms with van der Waals surface area (Å²) in [6, 6.07) is 0.556. The Morgan fingerprint density at radius 2 is 1.88 bits per heavy atom. The first-order valence-corrected chi connectivity index (χ1v) is 6.32. The van der Waals surface area contributed by atoms with E-state index < -0.39 is 36.8 Å². The fourth-order valence-electron chi connectivity index (χ4n) is 0.909. The van der Waals surface area contributed by atoms with Gasteiger partial charge in [0, 0.05) is 16.7 Å². The zero-order valence-corrected chi connectivity index (χ0v) is 9.84. The van der Waals surface area contributed by atoms with Gasteiger partial charge >= 0.3 is 6.36 Å². The summed E-state index contributed by atoms with van der Waals surface area (Å²) in [5, 5.41) is -0.775. The molecule has 17 heavy (non-hydrogen) atoms. The van der Waals surface area contributed by atoms with Crippen molar-refractivity contribution >= 4 is 31.3 Å². The minimum absolute atomic E-state index is 0.556. The van der Waals surface area contributed by atoms with Crippen LogP contribution < -0.4 is 10.3 Å². The maximum atomic E-state index is 11.9. The van der Waals surface area contributed by atoms with Crippen LogP contribution in [0.3, 0.4) is 0 Å². The Kier molecular flexibility index (Phi) is 3.65. The monoisotopic (exact) mass is 311 g/mol. The fraction of sp³-hybridized carbons (Fsp3) is 0.167. The molecule has 0 unspecified atom stereocenters. The zero-order chi connectivity index (χ0) is 13.4. The lowest BCUT2D eigenvalue weighted by Gasteiger charge is -2.11. The molecular weight excluding hydrogens is 310 g/mol. The summed E-state index contributed by atoms with van der Waals surface area (Å²) >= 11 is 5.32. The second kappa shape index (κ2) is 4.39. The van der Waals surface area contributed by atoms with Crippen LogP contribution in [0, 0.1) is 0 Å². The lowest BCUT2D eigenvalue weighted by molar-refractivity contribution is -0.277. The van der Waals surface area contributed by atoms with Crippen molar-refractivity contribution in [2.45, 2.75) is 11.3 Å². The molecule has 1 rings (SSSR count). The van der Waals surface area contributed by atoms with Crippen LogP contribution in [0.2, 0.25) is 5.02 Å². The largest absolute Gasteiger partial charge is 0.574 e. The van der Waals surface area contributed by atoms with Crippen LogP contribution >= 0.6 is 22.3 Å². The number of rotatable bonds is 2. The Bertz CT molecular complexity index is 594. The molecule has 11 heteroatoms. The van der Waals surface area contributed by atoms with E-state index in [1.807, 2.05) is 0 Å². The molecule has 96 valence electrons. The Morgan fingerprint density at radius 1 is 1.35 bits per heavy atom. The SMILES string of the molecule is O=c1cc(Cl)c(S(=O)(=O)Cl)c(OC(F)(F)F)[nH]1. The second-order valence-electron chi connectivity index (χ2n) is 2.63. The van der Waals surface area contributed by atoms with E-state index in [1.165, 1.54) is 4.98 Å². The molecule has 5 nitrogen and oxygen atoms in total. The molecule has 0 saturated heterocycles. The predicted molar refractivity (Wildman–Crippen MR) is 51.8 cm³/mol. The van der Waals surface area contributed by atoms with Gasteiger partial charge in [-0.1, -0.05) is 11.6 Å². The topological polar surface area (TPSA) is 76.2 Å². The van der Waals surface area contributed by atoms with Crippen molar-refractivity contribution in [3.05, 3.63) is 21.4 Å². The van der Waals surface area contributed by atoms with Gasteiger partial charge < -0.3 is 4.74 Å². The normalized spacial score (nSPS) is 12.5. The predicted octanol–water partition coefficient (Wildman–Crippen LogP) is 1.85. The maximum absolute atomic E-state index is 11.9. The highest BCUT2D eigenvalue weighted by Gasteiger charge is 2.35. The molecule has 0 aliphatic rings. The van der Waals surface area contributed by atoms with Crippen molar-refractivity contribution in [2.24, 2.45) is 0 Å². The van der Waals surface area contributed by atoms with Crippen LogP contribution in [0.15, 0.2) is 15.8 Å². The number of halogens is 5. The van der Waals surface area contributed by atoms with Gasteiger partial charge in [0.15, 0.2) is 4.90 Å². The Balaban J connectivity index is 3.53. The Hall–Kier alpha value is -0.930. The van der Waals surface area contributed by atoms with Crippen molar-refractivity contribution < 1.29 is 26.3 Å². The summed E-state index contributed by atoms with van der Waals surface area (Å²) in [7, 11) is 0.260.